The molecule has 1 saturated heterocycles. The second kappa shape index (κ2) is 10.9. The van der Waals surface area contributed by atoms with Crippen LogP contribution in [0.5, 0.6) is 0 Å². The van der Waals surface area contributed by atoms with Gasteiger partial charge in [0.2, 0.25) is 5.91 Å². The molecule has 5 rings (SSSR count). The van der Waals surface area contributed by atoms with Gasteiger partial charge < -0.3 is 20.2 Å². The highest BCUT2D eigenvalue weighted by atomic mass is 16.3. The smallest absolute Gasteiger partial charge is 0.321 e. The van der Waals surface area contributed by atoms with E-state index >= 15 is 0 Å². The maximum atomic E-state index is 13.7. The van der Waals surface area contributed by atoms with Crippen molar-refractivity contribution in [1.82, 2.24) is 20.0 Å². The van der Waals surface area contributed by atoms with Crippen LogP contribution in [-0.4, -0.2) is 83.7 Å². The molecule has 1 aliphatic heterocycles. The molecule has 4 aliphatic rings. The molecule has 0 radical (unpaired) electrons. The van der Waals surface area contributed by atoms with Gasteiger partial charge in [-0.25, -0.2) is 4.79 Å². The van der Waals surface area contributed by atoms with Crippen LogP contribution in [0.15, 0.2) is 30.3 Å². The van der Waals surface area contributed by atoms with Gasteiger partial charge in [-0.3, -0.25) is 9.69 Å². The Balaban J connectivity index is 1.28. The molecule has 2 atom stereocenters. The normalized spacial score (nSPS) is 32.7. The topological polar surface area (TPSA) is 76.1 Å². The molecule has 1 spiro atoms. The van der Waals surface area contributed by atoms with E-state index in [1.54, 1.807) is 4.90 Å². The first-order valence-corrected chi connectivity index (χ1v) is 14.6. The lowest BCUT2D eigenvalue weighted by molar-refractivity contribution is -0.122. The van der Waals surface area contributed by atoms with Crippen molar-refractivity contribution >= 4 is 11.9 Å². The third kappa shape index (κ3) is 5.26. The number of carbonyl (C=O) groups excluding carboxylic acids is 2. The van der Waals surface area contributed by atoms with Gasteiger partial charge >= 0.3 is 6.03 Å². The van der Waals surface area contributed by atoms with E-state index in [4.69, 9.17) is 0 Å². The van der Waals surface area contributed by atoms with Gasteiger partial charge in [0, 0.05) is 31.1 Å². The minimum atomic E-state index is -0.326. The van der Waals surface area contributed by atoms with E-state index in [9.17, 15) is 14.7 Å². The average molecular weight is 511 g/mol. The summed E-state index contributed by atoms with van der Waals surface area (Å²) in [5.74, 6) is 0.621. The van der Waals surface area contributed by atoms with Crippen LogP contribution in [0.4, 0.5) is 4.79 Å². The Morgan fingerprint density at radius 1 is 1.03 bits per heavy atom. The molecule has 7 nitrogen and oxygen atoms in total. The summed E-state index contributed by atoms with van der Waals surface area (Å²) < 4.78 is 0. The predicted molar refractivity (Wildman–Crippen MR) is 145 cm³/mol. The van der Waals surface area contributed by atoms with E-state index in [0.717, 1.165) is 57.9 Å². The lowest BCUT2D eigenvalue weighted by Gasteiger charge is -2.51. The summed E-state index contributed by atoms with van der Waals surface area (Å²) in [6.45, 7) is 2.07. The molecule has 1 heterocycles. The van der Waals surface area contributed by atoms with E-state index < -0.39 is 0 Å². The third-order valence-electron chi connectivity index (χ3n) is 10.2. The second-order valence-corrected chi connectivity index (χ2v) is 12.5. The number of carbonyl (C=O) groups is 2. The molecule has 3 amide bonds. The van der Waals surface area contributed by atoms with E-state index in [0.29, 0.717) is 19.0 Å². The van der Waals surface area contributed by atoms with Crippen LogP contribution in [0.3, 0.4) is 0 Å². The van der Waals surface area contributed by atoms with Gasteiger partial charge in [0.1, 0.15) is 6.54 Å². The Kier molecular flexibility index (Phi) is 7.83. The van der Waals surface area contributed by atoms with Crippen LogP contribution in [0.2, 0.25) is 0 Å². The first-order valence-electron chi connectivity index (χ1n) is 14.6. The molecule has 1 aromatic carbocycles. The van der Waals surface area contributed by atoms with Gasteiger partial charge in [-0.05, 0) is 76.9 Å². The van der Waals surface area contributed by atoms with Crippen molar-refractivity contribution in [2.45, 2.75) is 87.8 Å². The number of amides is 3. The van der Waals surface area contributed by atoms with Gasteiger partial charge in [0.15, 0.2) is 0 Å². The van der Waals surface area contributed by atoms with Crippen molar-refractivity contribution in [1.29, 1.82) is 0 Å². The molecular formula is C30H46N4O3. The van der Waals surface area contributed by atoms with Crippen LogP contribution in [0.1, 0.15) is 76.2 Å². The van der Waals surface area contributed by atoms with Crippen molar-refractivity contribution in [2.24, 2.45) is 11.8 Å². The average Bonchev–Trinajstić information content (AvgIpc) is 3.11. The van der Waals surface area contributed by atoms with Crippen molar-refractivity contribution in [3.05, 3.63) is 35.9 Å². The number of hydrogen-bond donors (Lipinski definition) is 2. The highest BCUT2D eigenvalue weighted by Gasteiger charge is 2.55. The highest BCUT2D eigenvalue weighted by molar-refractivity contribution is 5.86. The summed E-state index contributed by atoms with van der Waals surface area (Å²) in [5, 5.41) is 13.3. The summed E-state index contributed by atoms with van der Waals surface area (Å²) in [6.07, 6.45) is 11.2. The second-order valence-electron chi connectivity index (χ2n) is 12.5. The zero-order chi connectivity index (χ0) is 26.0. The zero-order valence-electron chi connectivity index (χ0n) is 22.8. The number of aliphatic hydroxyl groups excluding tert-OH is 1. The fourth-order valence-electron chi connectivity index (χ4n) is 7.41. The van der Waals surface area contributed by atoms with E-state index in [-0.39, 0.29) is 41.6 Å². The molecule has 1 unspecified atom stereocenters. The molecule has 204 valence electrons. The maximum Gasteiger partial charge on any atom is 0.321 e. The van der Waals surface area contributed by atoms with Crippen molar-refractivity contribution < 1.29 is 14.7 Å². The molecule has 37 heavy (non-hydrogen) atoms. The fraction of sp³-hybridized carbons (Fsp3) is 0.733. The lowest BCUT2D eigenvalue weighted by Crippen LogP contribution is -2.56. The quantitative estimate of drug-likeness (QED) is 0.555. The van der Waals surface area contributed by atoms with E-state index in [1.165, 1.54) is 24.8 Å². The van der Waals surface area contributed by atoms with Gasteiger partial charge in [0.05, 0.1) is 11.6 Å². The third-order valence-corrected chi connectivity index (χ3v) is 10.2. The summed E-state index contributed by atoms with van der Waals surface area (Å²) in [6, 6.07) is 10.8. The molecule has 2 N–H and O–H groups in total. The molecule has 3 saturated carbocycles. The SMILES string of the molecule is CN(C)[C@]1(c2ccccc2)CC[C@]2(CC1)CN(CC(=O)NCC1CCCC[C@H]1O)C(=O)N2CC1CCC1. The Labute approximate surface area is 222 Å². The minimum absolute atomic E-state index is 0.0245. The number of nitrogens with one attached hydrogen (secondary N) is 1. The molecule has 7 heteroatoms. The van der Waals surface area contributed by atoms with Gasteiger partial charge in [-0.1, -0.05) is 49.6 Å². The number of nitrogens with zero attached hydrogens (tertiary/aromatic N) is 3. The standard InChI is InChI=1S/C30H46N4O3/c1-32(2)30(25-12-4-3-5-13-25)17-15-29(16-18-30)22-33(28(37)34(29)20-23-9-8-10-23)21-27(36)31-19-24-11-6-7-14-26(24)35/h3-5,12-13,23-24,26,35H,6-11,14-22H2,1-2H3,(H,31,36)/t24?,26-,29-,30+/m1/s1. The Morgan fingerprint density at radius 3 is 2.35 bits per heavy atom. The zero-order valence-corrected chi connectivity index (χ0v) is 22.8. The minimum Gasteiger partial charge on any atom is -0.393 e. The number of rotatable bonds is 8. The van der Waals surface area contributed by atoms with E-state index in [2.05, 4.69) is 59.5 Å². The summed E-state index contributed by atoms with van der Waals surface area (Å²) in [4.78, 5) is 33.0. The van der Waals surface area contributed by atoms with Crippen molar-refractivity contribution in [3.63, 3.8) is 0 Å². The Morgan fingerprint density at radius 2 is 1.73 bits per heavy atom. The predicted octanol–water partition coefficient (Wildman–Crippen LogP) is 3.96. The first-order chi connectivity index (χ1) is 17.8. The summed E-state index contributed by atoms with van der Waals surface area (Å²) in [7, 11) is 4.35. The van der Waals surface area contributed by atoms with Gasteiger partial charge in [0.25, 0.3) is 0 Å². The number of aliphatic hydroxyl groups is 1. The van der Waals surface area contributed by atoms with Crippen molar-refractivity contribution in [3.8, 4) is 0 Å². The number of hydrogen-bond acceptors (Lipinski definition) is 4. The molecule has 4 fully saturated rings. The molecule has 1 aromatic rings. The van der Waals surface area contributed by atoms with Crippen LogP contribution in [-0.2, 0) is 10.3 Å². The van der Waals surface area contributed by atoms with Crippen LogP contribution >= 0.6 is 0 Å². The largest absolute Gasteiger partial charge is 0.393 e. The molecule has 0 bridgehead atoms. The summed E-state index contributed by atoms with van der Waals surface area (Å²) in [5.41, 5.74) is 1.13. The van der Waals surface area contributed by atoms with Crippen molar-refractivity contribution in [2.75, 3.05) is 40.3 Å². The van der Waals surface area contributed by atoms with Crippen LogP contribution in [0, 0.1) is 11.8 Å². The summed E-state index contributed by atoms with van der Waals surface area (Å²) >= 11 is 0. The van der Waals surface area contributed by atoms with Crippen LogP contribution < -0.4 is 5.32 Å². The maximum absolute atomic E-state index is 13.7. The monoisotopic (exact) mass is 510 g/mol. The number of urea groups is 1. The molecule has 0 aromatic heterocycles. The molecular weight excluding hydrogens is 464 g/mol. The van der Waals surface area contributed by atoms with Gasteiger partial charge in [-0.15, -0.1) is 0 Å². The Bertz CT molecular complexity index is 939. The lowest BCUT2D eigenvalue weighted by atomic mass is 9.68. The highest BCUT2D eigenvalue weighted by Crippen LogP contribution is 2.49. The fourth-order valence-corrected chi connectivity index (χ4v) is 7.41. The Hall–Kier alpha value is -2.12. The first kappa shape index (κ1) is 26.5. The van der Waals surface area contributed by atoms with Crippen LogP contribution in [0.25, 0.3) is 0 Å². The van der Waals surface area contributed by atoms with Gasteiger partial charge in [-0.2, -0.15) is 0 Å². The molecule has 3 aliphatic carbocycles. The van der Waals surface area contributed by atoms with E-state index in [1.807, 2.05) is 0 Å². The number of benzene rings is 1.